The normalized spacial score (nSPS) is 17.6. The van der Waals surface area contributed by atoms with Gasteiger partial charge in [-0.3, -0.25) is 4.90 Å². The minimum Gasteiger partial charge on any atom is -0.369 e. The number of guanidine groups is 2. The van der Waals surface area contributed by atoms with Gasteiger partial charge in [0.1, 0.15) is 5.66 Å². The fourth-order valence-corrected chi connectivity index (χ4v) is 1.97. The molecule has 1 aliphatic rings. The van der Waals surface area contributed by atoms with Crippen LogP contribution in [-0.2, 0) is 0 Å². The van der Waals surface area contributed by atoms with Gasteiger partial charge in [-0.15, -0.1) is 12.4 Å². The third kappa shape index (κ3) is 2.68. The van der Waals surface area contributed by atoms with Crippen LogP contribution in [0.15, 0.2) is 34.3 Å². The van der Waals surface area contributed by atoms with Gasteiger partial charge >= 0.3 is 0 Å². The quantitative estimate of drug-likeness (QED) is 0.828. The van der Waals surface area contributed by atoms with Gasteiger partial charge in [-0.25, -0.2) is 4.99 Å². The van der Waals surface area contributed by atoms with Gasteiger partial charge in [-0.2, -0.15) is 4.99 Å². The molecule has 7 heteroatoms. The van der Waals surface area contributed by atoms with Gasteiger partial charge in [0.05, 0.1) is 0 Å². The Morgan fingerprint density at radius 2 is 1.72 bits per heavy atom. The lowest BCUT2D eigenvalue weighted by Gasteiger charge is -2.38. The first-order valence-corrected chi connectivity index (χ1v) is 5.53. The average Bonchev–Trinajstić information content (AvgIpc) is 2.18. The number of benzene rings is 1. The number of nitrogens with two attached hydrogens (primary N) is 2. The molecule has 0 aromatic heterocycles. The van der Waals surface area contributed by atoms with Crippen LogP contribution in [0.2, 0.25) is 5.02 Å². The zero-order valence-corrected chi connectivity index (χ0v) is 11.7. The molecule has 0 spiro atoms. The van der Waals surface area contributed by atoms with E-state index in [4.69, 9.17) is 23.1 Å². The maximum atomic E-state index is 5.90. The number of rotatable bonds is 1. The monoisotopic (exact) mass is 287 g/mol. The molecule has 0 saturated carbocycles. The molecule has 18 heavy (non-hydrogen) atoms. The second kappa shape index (κ2) is 5.04. The molecule has 2 rings (SSSR count). The lowest BCUT2D eigenvalue weighted by Crippen LogP contribution is -2.54. The van der Waals surface area contributed by atoms with Crippen LogP contribution in [0.1, 0.15) is 13.8 Å². The van der Waals surface area contributed by atoms with Crippen molar-refractivity contribution in [2.24, 2.45) is 21.5 Å². The van der Waals surface area contributed by atoms with Gasteiger partial charge in [0.25, 0.3) is 0 Å². The number of halogens is 2. The Hall–Kier alpha value is -1.46. The van der Waals surface area contributed by atoms with Crippen LogP contribution in [0.25, 0.3) is 0 Å². The topological polar surface area (TPSA) is 80.0 Å². The van der Waals surface area contributed by atoms with Crippen LogP contribution < -0.4 is 16.4 Å². The summed E-state index contributed by atoms with van der Waals surface area (Å²) in [4.78, 5) is 10.0. The first kappa shape index (κ1) is 14.6. The third-order valence-corrected chi connectivity index (χ3v) is 2.73. The number of aliphatic imine (C=N–C) groups is 2. The molecule has 1 heterocycles. The Kier molecular flexibility index (Phi) is 4.09. The molecular weight excluding hydrogens is 273 g/mol. The van der Waals surface area contributed by atoms with Crippen LogP contribution in [0.5, 0.6) is 0 Å². The van der Waals surface area contributed by atoms with Gasteiger partial charge in [0.2, 0.25) is 11.9 Å². The van der Waals surface area contributed by atoms with E-state index in [0.29, 0.717) is 11.0 Å². The fraction of sp³-hybridized carbons (Fsp3) is 0.273. The summed E-state index contributed by atoms with van der Waals surface area (Å²) in [6.07, 6.45) is 0. The second-order valence-corrected chi connectivity index (χ2v) is 4.68. The van der Waals surface area contributed by atoms with Crippen molar-refractivity contribution >= 4 is 41.6 Å². The molecular formula is C11H15Cl2N5. The summed E-state index contributed by atoms with van der Waals surface area (Å²) in [6, 6.07) is 7.32. The molecule has 0 amide bonds. The van der Waals surface area contributed by atoms with Crippen LogP contribution in [0, 0.1) is 0 Å². The number of anilines is 1. The molecule has 0 saturated heterocycles. The Morgan fingerprint density at radius 3 is 2.22 bits per heavy atom. The summed E-state index contributed by atoms with van der Waals surface area (Å²) in [7, 11) is 0. The van der Waals surface area contributed by atoms with Crippen LogP contribution in [0.4, 0.5) is 5.69 Å². The van der Waals surface area contributed by atoms with Crippen molar-refractivity contribution in [1.82, 2.24) is 0 Å². The first-order valence-electron chi connectivity index (χ1n) is 5.15. The molecule has 0 unspecified atom stereocenters. The molecule has 1 aromatic rings. The highest BCUT2D eigenvalue weighted by molar-refractivity contribution is 6.30. The summed E-state index contributed by atoms with van der Waals surface area (Å²) in [5, 5.41) is 0.669. The first-order chi connectivity index (χ1) is 7.90. The van der Waals surface area contributed by atoms with E-state index in [0.717, 1.165) is 5.69 Å². The SMILES string of the molecule is CC1(C)N=C(N)N=C(N)N1c1ccc(Cl)cc1.Cl. The average molecular weight is 288 g/mol. The van der Waals surface area contributed by atoms with E-state index in [1.807, 2.05) is 26.0 Å². The van der Waals surface area contributed by atoms with E-state index in [9.17, 15) is 0 Å². The second-order valence-electron chi connectivity index (χ2n) is 4.25. The molecule has 0 bridgehead atoms. The van der Waals surface area contributed by atoms with Gasteiger partial charge < -0.3 is 11.5 Å². The van der Waals surface area contributed by atoms with Crippen LogP contribution >= 0.6 is 24.0 Å². The van der Waals surface area contributed by atoms with E-state index in [-0.39, 0.29) is 18.4 Å². The van der Waals surface area contributed by atoms with Crippen LogP contribution in [-0.4, -0.2) is 17.6 Å². The maximum absolute atomic E-state index is 5.90. The summed E-state index contributed by atoms with van der Waals surface area (Å²) in [6.45, 7) is 3.83. The van der Waals surface area contributed by atoms with Crippen molar-refractivity contribution in [3.05, 3.63) is 29.3 Å². The maximum Gasteiger partial charge on any atom is 0.220 e. The van der Waals surface area contributed by atoms with Gasteiger partial charge in [0.15, 0.2) is 0 Å². The molecule has 0 atom stereocenters. The highest BCUT2D eigenvalue weighted by Crippen LogP contribution is 2.28. The van der Waals surface area contributed by atoms with Crippen molar-refractivity contribution in [2.75, 3.05) is 4.90 Å². The highest BCUT2D eigenvalue weighted by Gasteiger charge is 2.32. The minimum absolute atomic E-state index is 0. The zero-order valence-electron chi connectivity index (χ0n) is 10.1. The zero-order chi connectivity index (χ0) is 12.6. The Bertz CT molecular complexity index is 493. The predicted molar refractivity (Wildman–Crippen MR) is 78.5 cm³/mol. The lowest BCUT2D eigenvalue weighted by molar-refractivity contribution is 0.534. The smallest absolute Gasteiger partial charge is 0.220 e. The van der Waals surface area contributed by atoms with Crippen molar-refractivity contribution in [3.8, 4) is 0 Å². The van der Waals surface area contributed by atoms with E-state index in [1.54, 1.807) is 17.0 Å². The summed E-state index contributed by atoms with van der Waals surface area (Å²) in [5.41, 5.74) is 11.8. The number of hydrogen-bond donors (Lipinski definition) is 2. The van der Waals surface area contributed by atoms with E-state index >= 15 is 0 Å². The Morgan fingerprint density at radius 1 is 1.17 bits per heavy atom. The largest absolute Gasteiger partial charge is 0.369 e. The van der Waals surface area contributed by atoms with Crippen molar-refractivity contribution in [1.29, 1.82) is 0 Å². The van der Waals surface area contributed by atoms with Gasteiger partial charge in [-0.05, 0) is 38.1 Å². The lowest BCUT2D eigenvalue weighted by atomic mass is 10.1. The molecule has 5 nitrogen and oxygen atoms in total. The highest BCUT2D eigenvalue weighted by atomic mass is 35.5. The predicted octanol–water partition coefficient (Wildman–Crippen LogP) is 1.95. The molecule has 1 aromatic carbocycles. The van der Waals surface area contributed by atoms with Crippen LogP contribution in [0.3, 0.4) is 0 Å². The molecule has 0 radical (unpaired) electrons. The van der Waals surface area contributed by atoms with E-state index < -0.39 is 5.66 Å². The summed E-state index contributed by atoms with van der Waals surface area (Å²) in [5.74, 6) is 0.516. The molecule has 4 N–H and O–H groups in total. The Balaban J connectivity index is 0.00000162. The standard InChI is InChI=1S/C11H14ClN5.ClH/c1-11(2)16-9(13)15-10(14)17(11)8-5-3-7(12)4-6-8;/h3-6H,1-2H3,(H4,13,14,15,16);1H. The van der Waals surface area contributed by atoms with Crippen molar-refractivity contribution in [2.45, 2.75) is 19.5 Å². The molecule has 0 aliphatic carbocycles. The summed E-state index contributed by atoms with van der Waals surface area (Å²) < 4.78 is 0. The summed E-state index contributed by atoms with van der Waals surface area (Å²) >= 11 is 5.85. The minimum atomic E-state index is -0.566. The molecule has 1 aliphatic heterocycles. The Labute approximate surface area is 117 Å². The van der Waals surface area contributed by atoms with E-state index in [1.165, 1.54) is 0 Å². The number of hydrogen-bond acceptors (Lipinski definition) is 5. The van der Waals surface area contributed by atoms with Crippen molar-refractivity contribution < 1.29 is 0 Å². The third-order valence-electron chi connectivity index (χ3n) is 2.48. The van der Waals surface area contributed by atoms with E-state index in [2.05, 4.69) is 9.98 Å². The fourth-order valence-electron chi connectivity index (χ4n) is 1.84. The number of nitrogens with zero attached hydrogens (tertiary/aromatic N) is 3. The van der Waals surface area contributed by atoms with Crippen molar-refractivity contribution in [3.63, 3.8) is 0 Å². The van der Waals surface area contributed by atoms with Gasteiger partial charge in [-0.1, -0.05) is 11.6 Å². The van der Waals surface area contributed by atoms with Gasteiger partial charge in [0, 0.05) is 10.7 Å². The molecule has 0 fully saturated rings. The molecule has 98 valence electrons.